The molecule has 0 spiro atoms. The Morgan fingerprint density at radius 3 is 2.74 bits per heavy atom. The number of nitro groups is 1. The number of hydrogen-bond acceptors (Lipinski definition) is 3. The first-order valence-electron chi connectivity index (χ1n) is 5.58. The highest BCUT2D eigenvalue weighted by molar-refractivity contribution is 6.33. The summed E-state index contributed by atoms with van der Waals surface area (Å²) >= 11 is 5.85. The Morgan fingerprint density at radius 2 is 2.16 bits per heavy atom. The number of nitro benzene ring substituents is 1. The summed E-state index contributed by atoms with van der Waals surface area (Å²) in [5.74, 6) is 0.307. The smallest absolute Gasteiger partial charge is 0.315 e. The number of nitrogens with one attached hydrogen (secondary N) is 2. The van der Waals surface area contributed by atoms with Crippen LogP contribution in [0.3, 0.4) is 0 Å². The highest BCUT2D eigenvalue weighted by Gasteiger charge is 2.11. The van der Waals surface area contributed by atoms with Crippen molar-refractivity contribution in [1.29, 1.82) is 0 Å². The summed E-state index contributed by atoms with van der Waals surface area (Å²) in [5, 5.41) is 15.8. The maximum Gasteiger partial charge on any atom is 0.323 e. The molecule has 0 unspecified atom stereocenters. The average molecular weight is 284 g/mol. The van der Waals surface area contributed by atoms with Crippen LogP contribution in [0.25, 0.3) is 0 Å². The monoisotopic (exact) mass is 283 g/mol. The van der Waals surface area contributed by atoms with Crippen LogP contribution in [0, 0.1) is 16.0 Å². The maximum atomic E-state index is 11.5. The van der Waals surface area contributed by atoms with Crippen LogP contribution in [0.15, 0.2) is 30.5 Å². The van der Waals surface area contributed by atoms with Crippen LogP contribution in [-0.4, -0.2) is 11.0 Å². The summed E-state index contributed by atoms with van der Waals surface area (Å²) in [7, 11) is 0. The number of amides is 2. The van der Waals surface area contributed by atoms with Crippen LogP contribution in [0.1, 0.15) is 13.8 Å². The van der Waals surface area contributed by atoms with E-state index in [0.29, 0.717) is 5.92 Å². The molecular weight excluding hydrogens is 270 g/mol. The van der Waals surface area contributed by atoms with E-state index >= 15 is 0 Å². The number of non-ortho nitro benzene ring substituents is 1. The van der Waals surface area contributed by atoms with Crippen LogP contribution >= 0.6 is 11.6 Å². The number of carbonyl (C=O) groups excluding carboxylic acids is 1. The molecule has 19 heavy (non-hydrogen) atoms. The van der Waals surface area contributed by atoms with Crippen molar-refractivity contribution in [2.24, 2.45) is 5.92 Å². The molecule has 0 bridgehead atoms. The fraction of sp³-hybridized carbons (Fsp3) is 0.250. The van der Waals surface area contributed by atoms with Crippen LogP contribution in [-0.2, 0) is 0 Å². The zero-order valence-corrected chi connectivity index (χ0v) is 11.3. The molecule has 1 aromatic rings. The van der Waals surface area contributed by atoms with E-state index < -0.39 is 11.0 Å². The van der Waals surface area contributed by atoms with Crippen molar-refractivity contribution in [2.45, 2.75) is 13.8 Å². The number of allylic oxidation sites excluding steroid dienone is 1. The van der Waals surface area contributed by atoms with Gasteiger partial charge in [0.25, 0.3) is 5.69 Å². The number of halogens is 1. The van der Waals surface area contributed by atoms with Gasteiger partial charge >= 0.3 is 6.03 Å². The summed E-state index contributed by atoms with van der Waals surface area (Å²) in [5.41, 5.74) is 0.0451. The number of benzene rings is 1. The highest BCUT2D eigenvalue weighted by Crippen LogP contribution is 2.26. The average Bonchev–Trinajstić information content (AvgIpc) is 2.31. The van der Waals surface area contributed by atoms with E-state index in [9.17, 15) is 14.9 Å². The second-order valence-corrected chi connectivity index (χ2v) is 4.53. The first kappa shape index (κ1) is 15.0. The molecule has 1 aromatic carbocycles. The van der Waals surface area contributed by atoms with Gasteiger partial charge in [-0.05, 0) is 12.0 Å². The minimum atomic E-state index is -0.557. The molecule has 2 N–H and O–H groups in total. The first-order chi connectivity index (χ1) is 8.90. The number of nitrogens with zero attached hydrogens (tertiary/aromatic N) is 1. The Morgan fingerprint density at radius 1 is 1.47 bits per heavy atom. The Hall–Kier alpha value is -2.08. The van der Waals surface area contributed by atoms with E-state index in [1.54, 1.807) is 6.08 Å². The van der Waals surface area contributed by atoms with E-state index in [4.69, 9.17) is 11.6 Å². The van der Waals surface area contributed by atoms with E-state index in [-0.39, 0.29) is 16.4 Å². The van der Waals surface area contributed by atoms with Crippen LogP contribution in [0.5, 0.6) is 0 Å². The van der Waals surface area contributed by atoms with Gasteiger partial charge in [-0.15, -0.1) is 0 Å². The Bertz CT molecular complexity index is 515. The van der Waals surface area contributed by atoms with Crippen molar-refractivity contribution in [3.05, 3.63) is 45.6 Å². The topological polar surface area (TPSA) is 84.3 Å². The SMILES string of the molecule is CC(C)/C=C/NC(=O)Nc1cc([N+](=O)[O-])ccc1Cl. The fourth-order valence-electron chi connectivity index (χ4n) is 1.20. The van der Waals surface area contributed by atoms with Gasteiger partial charge in [0.15, 0.2) is 0 Å². The third kappa shape index (κ3) is 4.97. The van der Waals surface area contributed by atoms with Gasteiger partial charge in [0.2, 0.25) is 0 Å². The van der Waals surface area contributed by atoms with E-state index in [0.717, 1.165) is 0 Å². The van der Waals surface area contributed by atoms with Gasteiger partial charge in [-0.2, -0.15) is 0 Å². The zero-order chi connectivity index (χ0) is 14.4. The molecule has 6 nitrogen and oxygen atoms in total. The lowest BCUT2D eigenvalue weighted by molar-refractivity contribution is -0.384. The molecule has 0 heterocycles. The molecule has 0 saturated heterocycles. The number of rotatable bonds is 4. The molecule has 0 aliphatic heterocycles. The standard InChI is InChI=1S/C12H14ClN3O3/c1-8(2)5-6-14-12(17)15-11-7-9(16(18)19)3-4-10(11)13/h3-8H,1-2H3,(H2,14,15,17)/b6-5+. The largest absolute Gasteiger partial charge is 0.323 e. The molecule has 0 atom stereocenters. The molecule has 0 saturated carbocycles. The van der Waals surface area contributed by atoms with Crippen LogP contribution < -0.4 is 10.6 Å². The number of urea groups is 1. The third-order valence-electron chi connectivity index (χ3n) is 2.10. The predicted molar refractivity (Wildman–Crippen MR) is 74.2 cm³/mol. The summed E-state index contributed by atoms with van der Waals surface area (Å²) < 4.78 is 0. The lowest BCUT2D eigenvalue weighted by atomic mass is 10.2. The van der Waals surface area contributed by atoms with Gasteiger partial charge in [0.05, 0.1) is 15.6 Å². The van der Waals surface area contributed by atoms with Gasteiger partial charge in [-0.25, -0.2) is 4.79 Å². The molecule has 0 fully saturated rings. The van der Waals surface area contributed by atoms with E-state index in [1.807, 2.05) is 13.8 Å². The van der Waals surface area contributed by atoms with Crippen LogP contribution in [0.2, 0.25) is 5.02 Å². The Labute approximate surface area is 115 Å². The molecule has 0 radical (unpaired) electrons. The van der Waals surface area contributed by atoms with Gasteiger partial charge in [-0.3, -0.25) is 10.1 Å². The lowest BCUT2D eigenvalue weighted by Crippen LogP contribution is -2.24. The molecule has 7 heteroatoms. The second-order valence-electron chi connectivity index (χ2n) is 4.12. The molecule has 1 rings (SSSR count). The molecule has 2 amide bonds. The number of carbonyl (C=O) groups is 1. The highest BCUT2D eigenvalue weighted by atomic mass is 35.5. The predicted octanol–water partition coefficient (Wildman–Crippen LogP) is 3.54. The van der Waals surface area contributed by atoms with Crippen molar-refractivity contribution in [3.63, 3.8) is 0 Å². The van der Waals surface area contributed by atoms with Crippen molar-refractivity contribution in [2.75, 3.05) is 5.32 Å². The van der Waals surface area contributed by atoms with Gasteiger partial charge in [0, 0.05) is 18.3 Å². The third-order valence-corrected chi connectivity index (χ3v) is 2.43. The summed E-state index contributed by atoms with van der Waals surface area (Å²) in [6, 6.07) is 3.32. The Balaban J connectivity index is 2.73. The van der Waals surface area contributed by atoms with Gasteiger partial charge < -0.3 is 10.6 Å². The van der Waals surface area contributed by atoms with Gasteiger partial charge in [0.1, 0.15) is 0 Å². The summed E-state index contributed by atoms with van der Waals surface area (Å²) in [4.78, 5) is 21.6. The molecule has 0 aliphatic rings. The summed E-state index contributed by atoms with van der Waals surface area (Å²) in [6.45, 7) is 3.93. The van der Waals surface area contributed by atoms with Crippen molar-refractivity contribution in [1.82, 2.24) is 5.32 Å². The fourth-order valence-corrected chi connectivity index (χ4v) is 1.36. The quantitative estimate of drug-likeness (QED) is 0.655. The molecule has 0 aromatic heterocycles. The Kier molecular flexibility index (Phi) is 5.32. The van der Waals surface area contributed by atoms with Crippen LogP contribution in [0.4, 0.5) is 16.2 Å². The zero-order valence-electron chi connectivity index (χ0n) is 10.5. The van der Waals surface area contributed by atoms with E-state index in [2.05, 4.69) is 10.6 Å². The lowest BCUT2D eigenvalue weighted by Gasteiger charge is -2.06. The summed E-state index contributed by atoms with van der Waals surface area (Å²) in [6.07, 6.45) is 3.31. The number of anilines is 1. The van der Waals surface area contributed by atoms with Crippen molar-refractivity contribution >= 4 is 29.0 Å². The molecule has 102 valence electrons. The number of hydrogen-bond donors (Lipinski definition) is 2. The van der Waals surface area contributed by atoms with Gasteiger partial charge in [-0.1, -0.05) is 31.5 Å². The van der Waals surface area contributed by atoms with Crippen molar-refractivity contribution in [3.8, 4) is 0 Å². The van der Waals surface area contributed by atoms with E-state index in [1.165, 1.54) is 24.4 Å². The van der Waals surface area contributed by atoms with Crippen molar-refractivity contribution < 1.29 is 9.72 Å². The maximum absolute atomic E-state index is 11.5. The molecular formula is C12H14ClN3O3. The second kappa shape index (κ2) is 6.75. The molecule has 0 aliphatic carbocycles. The minimum absolute atomic E-state index is 0.141. The minimum Gasteiger partial charge on any atom is -0.315 e. The normalized spacial score (nSPS) is 10.7. The first-order valence-corrected chi connectivity index (χ1v) is 5.96.